The van der Waals surface area contributed by atoms with Crippen molar-refractivity contribution in [3.8, 4) is 0 Å². The van der Waals surface area contributed by atoms with Crippen molar-refractivity contribution < 1.29 is 9.59 Å². The van der Waals surface area contributed by atoms with Crippen LogP contribution in [0.3, 0.4) is 0 Å². The maximum Gasteiger partial charge on any atom is 0.246 e. The van der Waals surface area contributed by atoms with E-state index >= 15 is 0 Å². The first-order valence-corrected chi connectivity index (χ1v) is 9.30. The number of nitrogens with zero attached hydrogens (tertiary/aromatic N) is 2. The van der Waals surface area contributed by atoms with Gasteiger partial charge in [-0.25, -0.2) is 0 Å². The molecule has 0 radical (unpaired) electrons. The van der Waals surface area contributed by atoms with Crippen molar-refractivity contribution in [1.29, 1.82) is 0 Å². The molecule has 1 aromatic rings. The van der Waals surface area contributed by atoms with Crippen LogP contribution in [0.15, 0.2) is 49.1 Å². The van der Waals surface area contributed by atoms with Crippen LogP contribution in [0.1, 0.15) is 12.0 Å². The van der Waals surface area contributed by atoms with E-state index in [1.807, 2.05) is 23.1 Å². The lowest BCUT2D eigenvalue weighted by Crippen LogP contribution is -2.49. The minimum Gasteiger partial charge on any atom is -0.338 e. The largest absolute Gasteiger partial charge is 0.338 e. The maximum atomic E-state index is 12.8. The van der Waals surface area contributed by atoms with Gasteiger partial charge in [-0.3, -0.25) is 9.59 Å². The zero-order valence-electron chi connectivity index (χ0n) is 13.7. The molecule has 2 heterocycles. The van der Waals surface area contributed by atoms with E-state index in [0.717, 1.165) is 18.7 Å². The predicted octanol–water partition coefficient (Wildman–Crippen LogP) is 2.43. The van der Waals surface area contributed by atoms with Crippen LogP contribution >= 0.6 is 11.8 Å². The van der Waals surface area contributed by atoms with Crippen LogP contribution in [0.25, 0.3) is 5.57 Å². The fourth-order valence-corrected chi connectivity index (χ4v) is 4.30. The molecular formula is C19H22N2O2S. The average molecular weight is 342 g/mol. The summed E-state index contributed by atoms with van der Waals surface area (Å²) in [5, 5.41) is -0.158. The van der Waals surface area contributed by atoms with Crippen molar-refractivity contribution in [3.63, 3.8) is 0 Å². The summed E-state index contributed by atoms with van der Waals surface area (Å²) in [5.74, 6) is 0.859. The third-order valence-corrected chi connectivity index (χ3v) is 5.66. The highest BCUT2D eigenvalue weighted by atomic mass is 32.2. The predicted molar refractivity (Wildman–Crippen MR) is 98.6 cm³/mol. The van der Waals surface area contributed by atoms with Crippen molar-refractivity contribution in [2.45, 2.75) is 11.7 Å². The summed E-state index contributed by atoms with van der Waals surface area (Å²) < 4.78 is 0. The highest BCUT2D eigenvalue weighted by Gasteiger charge is 2.31. The number of amides is 2. The molecule has 3 rings (SSSR count). The Labute approximate surface area is 147 Å². The van der Waals surface area contributed by atoms with E-state index in [9.17, 15) is 9.59 Å². The highest BCUT2D eigenvalue weighted by molar-refractivity contribution is 8.00. The molecule has 0 bridgehead atoms. The molecule has 0 aliphatic carbocycles. The molecule has 0 N–H and O–H groups in total. The van der Waals surface area contributed by atoms with Gasteiger partial charge in [-0.15, -0.1) is 11.8 Å². The van der Waals surface area contributed by atoms with Crippen LogP contribution < -0.4 is 0 Å². The lowest BCUT2D eigenvalue weighted by atomic mass is 9.99. The van der Waals surface area contributed by atoms with Gasteiger partial charge in [0.1, 0.15) is 5.25 Å². The Hall–Kier alpha value is -2.01. The number of hydrogen-bond acceptors (Lipinski definition) is 3. The average Bonchev–Trinajstić information content (AvgIpc) is 2.67. The molecule has 1 saturated heterocycles. The second-order valence-corrected chi connectivity index (χ2v) is 7.29. The molecule has 2 aliphatic rings. The highest BCUT2D eigenvalue weighted by Crippen LogP contribution is 2.25. The molecule has 4 nitrogen and oxygen atoms in total. The minimum absolute atomic E-state index is 0.0852. The van der Waals surface area contributed by atoms with Crippen LogP contribution in [0.4, 0.5) is 0 Å². The van der Waals surface area contributed by atoms with Crippen LogP contribution in [0, 0.1) is 0 Å². The maximum absolute atomic E-state index is 12.8. The second kappa shape index (κ2) is 7.71. The van der Waals surface area contributed by atoms with Crippen LogP contribution in [-0.4, -0.2) is 58.8 Å². The molecule has 0 spiro atoms. The van der Waals surface area contributed by atoms with Crippen molar-refractivity contribution in [2.75, 3.05) is 31.9 Å². The number of rotatable bonds is 3. The lowest BCUT2D eigenvalue weighted by molar-refractivity contribution is -0.132. The Kier molecular flexibility index (Phi) is 5.41. The molecule has 1 fully saturated rings. The van der Waals surface area contributed by atoms with E-state index in [2.05, 4.69) is 24.8 Å². The van der Waals surface area contributed by atoms with Gasteiger partial charge in [0.15, 0.2) is 0 Å². The van der Waals surface area contributed by atoms with Gasteiger partial charge in [-0.2, -0.15) is 0 Å². The van der Waals surface area contributed by atoms with Gasteiger partial charge in [-0.05, 0) is 23.6 Å². The van der Waals surface area contributed by atoms with E-state index in [4.69, 9.17) is 0 Å². The van der Waals surface area contributed by atoms with Crippen LogP contribution in [-0.2, 0) is 9.59 Å². The summed E-state index contributed by atoms with van der Waals surface area (Å²) in [7, 11) is 0. The van der Waals surface area contributed by atoms with Crippen LogP contribution in [0.2, 0.25) is 0 Å². The fraction of sp³-hybridized carbons (Fsp3) is 0.368. The second-order valence-electron chi connectivity index (χ2n) is 5.98. The standard InChI is InChI=1S/C19H22N2O2S/c1-2-18(22)21-12-13-24-17(14-21)19(23)20-10-8-16(9-11-20)15-6-4-3-5-7-15/h2-8,17H,1,9-14H2. The molecule has 126 valence electrons. The monoisotopic (exact) mass is 342 g/mol. The topological polar surface area (TPSA) is 40.6 Å². The molecule has 5 heteroatoms. The molecule has 1 atom stereocenters. The molecule has 0 saturated carbocycles. The third-order valence-electron chi connectivity index (χ3n) is 4.49. The SMILES string of the molecule is C=CC(=O)N1CCSC(C(=O)N2CC=C(c3ccccc3)CC2)C1. The first-order chi connectivity index (χ1) is 11.7. The Balaban J connectivity index is 1.61. The van der Waals surface area contributed by atoms with E-state index in [0.29, 0.717) is 19.6 Å². The molecule has 2 amide bonds. The Morgan fingerprint density at radius 1 is 1.17 bits per heavy atom. The zero-order chi connectivity index (χ0) is 16.9. The number of hydrogen-bond donors (Lipinski definition) is 0. The van der Waals surface area contributed by atoms with Gasteiger partial charge >= 0.3 is 0 Å². The first kappa shape index (κ1) is 16.8. The fourth-order valence-electron chi connectivity index (χ4n) is 3.12. The molecule has 2 aliphatic heterocycles. The molecular weight excluding hydrogens is 320 g/mol. The zero-order valence-corrected chi connectivity index (χ0v) is 14.5. The summed E-state index contributed by atoms with van der Waals surface area (Å²) in [5.41, 5.74) is 2.54. The van der Waals surface area contributed by atoms with Crippen molar-refractivity contribution in [3.05, 3.63) is 54.6 Å². The van der Waals surface area contributed by atoms with Gasteiger partial charge in [0, 0.05) is 31.9 Å². The van der Waals surface area contributed by atoms with E-state index < -0.39 is 0 Å². The van der Waals surface area contributed by atoms with Gasteiger partial charge in [0.05, 0.1) is 0 Å². The smallest absolute Gasteiger partial charge is 0.246 e. The minimum atomic E-state index is -0.158. The normalized spacial score (nSPS) is 21.2. The Morgan fingerprint density at radius 2 is 1.96 bits per heavy atom. The molecule has 0 aromatic heterocycles. The number of thioether (sulfide) groups is 1. The van der Waals surface area contributed by atoms with Crippen molar-refractivity contribution in [1.82, 2.24) is 9.80 Å². The molecule has 1 unspecified atom stereocenters. The lowest BCUT2D eigenvalue weighted by Gasteiger charge is -2.35. The van der Waals surface area contributed by atoms with Crippen molar-refractivity contribution in [2.24, 2.45) is 0 Å². The van der Waals surface area contributed by atoms with Crippen LogP contribution in [0.5, 0.6) is 0 Å². The van der Waals surface area contributed by atoms with Crippen molar-refractivity contribution >= 4 is 29.1 Å². The summed E-state index contributed by atoms with van der Waals surface area (Å²) in [6.45, 7) is 6.10. The number of carbonyl (C=O) groups is 2. The van der Waals surface area contributed by atoms with Gasteiger partial charge in [-0.1, -0.05) is 43.0 Å². The number of carbonyl (C=O) groups excluding carboxylic acids is 2. The Bertz CT molecular complexity index is 657. The van der Waals surface area contributed by atoms with Gasteiger partial charge in [0.25, 0.3) is 0 Å². The molecule has 24 heavy (non-hydrogen) atoms. The molecule has 1 aromatic carbocycles. The summed E-state index contributed by atoms with van der Waals surface area (Å²) in [6, 6.07) is 10.3. The van der Waals surface area contributed by atoms with E-state index in [-0.39, 0.29) is 17.1 Å². The summed E-state index contributed by atoms with van der Waals surface area (Å²) in [4.78, 5) is 28.2. The third kappa shape index (κ3) is 3.73. The van der Waals surface area contributed by atoms with E-state index in [1.165, 1.54) is 17.2 Å². The Morgan fingerprint density at radius 3 is 2.62 bits per heavy atom. The number of benzene rings is 1. The summed E-state index contributed by atoms with van der Waals surface area (Å²) >= 11 is 1.65. The van der Waals surface area contributed by atoms with Gasteiger partial charge in [0.2, 0.25) is 11.8 Å². The first-order valence-electron chi connectivity index (χ1n) is 8.25. The van der Waals surface area contributed by atoms with E-state index in [1.54, 1.807) is 16.7 Å². The quantitative estimate of drug-likeness (QED) is 0.792. The summed E-state index contributed by atoms with van der Waals surface area (Å²) in [6.07, 6.45) is 4.35. The van der Waals surface area contributed by atoms with Gasteiger partial charge < -0.3 is 9.80 Å².